The lowest BCUT2D eigenvalue weighted by molar-refractivity contribution is 0.414. The van der Waals surface area contributed by atoms with Gasteiger partial charge in [0.05, 0.1) is 17.5 Å². The lowest BCUT2D eigenvalue weighted by Crippen LogP contribution is -2.38. The highest BCUT2D eigenvalue weighted by molar-refractivity contribution is 7.89. The Hall–Kier alpha value is -0.650. The predicted molar refractivity (Wildman–Crippen MR) is 69.4 cm³/mol. The third kappa shape index (κ3) is 3.66. The van der Waals surface area contributed by atoms with Gasteiger partial charge in [-0.15, -0.1) is 11.6 Å². The molecule has 0 aliphatic carbocycles. The molecule has 0 amide bonds. The van der Waals surface area contributed by atoms with Crippen molar-refractivity contribution in [3.8, 4) is 0 Å². The van der Waals surface area contributed by atoms with Crippen LogP contribution < -0.4 is 0 Å². The first-order valence-electron chi connectivity index (χ1n) is 5.47. The van der Waals surface area contributed by atoms with E-state index in [2.05, 4.69) is 4.98 Å². The van der Waals surface area contributed by atoms with Gasteiger partial charge in [0.15, 0.2) is 0 Å². The molecule has 1 unspecified atom stereocenters. The summed E-state index contributed by atoms with van der Waals surface area (Å²) < 4.78 is 25.6. The molecule has 0 N–H and O–H groups in total. The molecule has 1 rings (SSSR count). The van der Waals surface area contributed by atoms with Crippen LogP contribution in [-0.4, -0.2) is 35.4 Å². The summed E-state index contributed by atoms with van der Waals surface area (Å²) in [5.74, 6) is 0.0983. The van der Waals surface area contributed by atoms with Gasteiger partial charge in [-0.3, -0.25) is 4.98 Å². The summed E-state index contributed by atoms with van der Waals surface area (Å²) >= 11 is 5.62. The first-order chi connectivity index (χ1) is 8.02. The highest BCUT2D eigenvalue weighted by Gasteiger charge is 2.27. The zero-order valence-corrected chi connectivity index (χ0v) is 11.6. The zero-order valence-electron chi connectivity index (χ0n) is 10.0. The molecule has 0 spiro atoms. The maximum atomic E-state index is 12.1. The average molecular weight is 277 g/mol. The summed E-state index contributed by atoms with van der Waals surface area (Å²) in [5, 5.41) is -0.576. The number of nitrogens with zero attached hydrogens (tertiary/aromatic N) is 2. The highest BCUT2D eigenvalue weighted by Crippen LogP contribution is 2.13. The molecule has 17 heavy (non-hydrogen) atoms. The van der Waals surface area contributed by atoms with E-state index < -0.39 is 15.3 Å². The second-order valence-corrected chi connectivity index (χ2v) is 6.42. The van der Waals surface area contributed by atoms with Gasteiger partial charge in [-0.2, -0.15) is 4.31 Å². The number of hydrogen-bond donors (Lipinski definition) is 0. The Morgan fingerprint density at radius 3 is 2.65 bits per heavy atom. The largest absolute Gasteiger partial charge is 0.260 e. The van der Waals surface area contributed by atoms with Gasteiger partial charge in [-0.25, -0.2) is 8.42 Å². The van der Waals surface area contributed by atoms with Crippen molar-refractivity contribution < 1.29 is 8.42 Å². The van der Waals surface area contributed by atoms with E-state index in [4.69, 9.17) is 11.6 Å². The number of hydrogen-bond acceptors (Lipinski definition) is 3. The Bertz CT molecular complexity index is 436. The van der Waals surface area contributed by atoms with Crippen LogP contribution >= 0.6 is 11.6 Å². The molecular formula is C11H17ClN2O2S. The van der Waals surface area contributed by atoms with Crippen LogP contribution in [0.5, 0.6) is 0 Å². The minimum absolute atomic E-state index is 0.0983. The molecule has 96 valence electrons. The fourth-order valence-electron chi connectivity index (χ4n) is 1.39. The summed E-state index contributed by atoms with van der Waals surface area (Å²) in [6, 6.07) is 5.45. The van der Waals surface area contributed by atoms with E-state index in [9.17, 15) is 8.42 Å². The quantitative estimate of drug-likeness (QED) is 0.745. The van der Waals surface area contributed by atoms with Gasteiger partial charge >= 0.3 is 0 Å². The maximum absolute atomic E-state index is 12.1. The molecular weight excluding hydrogens is 260 g/mol. The Labute approximate surface area is 108 Å². The minimum Gasteiger partial charge on any atom is -0.260 e. The first-order valence-corrected chi connectivity index (χ1v) is 7.51. The summed E-state index contributed by atoms with van der Waals surface area (Å²) in [6.07, 6.45) is 1.65. The SMILES string of the molecule is CCN(Cc1ccccn1)S(=O)(=O)C(C)CCl. The van der Waals surface area contributed by atoms with E-state index in [-0.39, 0.29) is 5.88 Å². The van der Waals surface area contributed by atoms with Gasteiger partial charge in [-0.05, 0) is 19.1 Å². The van der Waals surface area contributed by atoms with Crippen molar-refractivity contribution in [3.63, 3.8) is 0 Å². The zero-order chi connectivity index (χ0) is 12.9. The molecule has 0 bridgehead atoms. The van der Waals surface area contributed by atoms with Crippen molar-refractivity contribution in [2.45, 2.75) is 25.6 Å². The van der Waals surface area contributed by atoms with Crippen LogP contribution in [0.25, 0.3) is 0 Å². The van der Waals surface area contributed by atoms with Crippen molar-refractivity contribution in [2.24, 2.45) is 0 Å². The van der Waals surface area contributed by atoms with Gasteiger partial charge in [0.2, 0.25) is 10.0 Å². The van der Waals surface area contributed by atoms with Crippen LogP contribution in [0.15, 0.2) is 24.4 Å². The van der Waals surface area contributed by atoms with Crippen LogP contribution in [0.3, 0.4) is 0 Å². The summed E-state index contributed by atoms with van der Waals surface area (Å²) in [5.41, 5.74) is 0.736. The molecule has 0 aromatic carbocycles. The van der Waals surface area contributed by atoms with Crippen LogP contribution in [0, 0.1) is 0 Å². The summed E-state index contributed by atoms with van der Waals surface area (Å²) in [6.45, 7) is 4.13. The maximum Gasteiger partial charge on any atom is 0.218 e. The van der Waals surface area contributed by atoms with E-state index in [1.807, 2.05) is 12.1 Å². The van der Waals surface area contributed by atoms with Crippen molar-refractivity contribution in [1.82, 2.24) is 9.29 Å². The minimum atomic E-state index is -3.34. The first kappa shape index (κ1) is 14.4. The molecule has 0 saturated heterocycles. The smallest absolute Gasteiger partial charge is 0.218 e. The second kappa shape index (κ2) is 6.33. The number of pyridine rings is 1. The van der Waals surface area contributed by atoms with Crippen LogP contribution in [-0.2, 0) is 16.6 Å². The van der Waals surface area contributed by atoms with Gasteiger partial charge < -0.3 is 0 Å². The van der Waals surface area contributed by atoms with Crippen molar-refractivity contribution in [1.29, 1.82) is 0 Å². The molecule has 1 atom stereocenters. The van der Waals surface area contributed by atoms with Gasteiger partial charge in [0.25, 0.3) is 0 Å². The molecule has 1 aromatic rings. The lowest BCUT2D eigenvalue weighted by atomic mass is 10.3. The normalized spacial score (nSPS) is 13.9. The number of halogens is 1. The standard InChI is InChI=1S/C11H17ClN2O2S/c1-3-14(17(15,16)10(2)8-12)9-11-6-4-5-7-13-11/h4-7,10H,3,8-9H2,1-2H3. The van der Waals surface area contributed by atoms with Gasteiger partial charge in [0, 0.05) is 18.6 Å². The average Bonchev–Trinajstić information content (AvgIpc) is 2.35. The van der Waals surface area contributed by atoms with Crippen molar-refractivity contribution in [3.05, 3.63) is 30.1 Å². The fraction of sp³-hybridized carbons (Fsp3) is 0.545. The summed E-state index contributed by atoms with van der Waals surface area (Å²) in [4.78, 5) is 4.13. The lowest BCUT2D eigenvalue weighted by Gasteiger charge is -2.23. The van der Waals surface area contributed by atoms with E-state index in [0.29, 0.717) is 13.1 Å². The Morgan fingerprint density at radius 1 is 1.47 bits per heavy atom. The number of rotatable bonds is 6. The Kier molecular flexibility index (Phi) is 5.36. The molecule has 0 fully saturated rings. The van der Waals surface area contributed by atoms with E-state index in [1.54, 1.807) is 26.1 Å². The molecule has 0 saturated carbocycles. The molecule has 0 radical (unpaired) electrons. The molecule has 4 nitrogen and oxygen atoms in total. The monoisotopic (exact) mass is 276 g/mol. The second-order valence-electron chi connectivity index (χ2n) is 3.76. The van der Waals surface area contributed by atoms with Crippen LogP contribution in [0.4, 0.5) is 0 Å². The van der Waals surface area contributed by atoms with Gasteiger partial charge in [-0.1, -0.05) is 13.0 Å². The molecule has 6 heteroatoms. The number of alkyl halides is 1. The van der Waals surface area contributed by atoms with Gasteiger partial charge in [0.1, 0.15) is 0 Å². The topological polar surface area (TPSA) is 50.3 Å². The Balaban J connectivity index is 2.86. The fourth-order valence-corrected chi connectivity index (χ4v) is 3.21. The third-order valence-electron chi connectivity index (χ3n) is 2.50. The van der Waals surface area contributed by atoms with E-state index >= 15 is 0 Å². The Morgan fingerprint density at radius 2 is 2.18 bits per heavy atom. The molecule has 1 aromatic heterocycles. The highest BCUT2D eigenvalue weighted by atomic mass is 35.5. The van der Waals surface area contributed by atoms with Crippen molar-refractivity contribution >= 4 is 21.6 Å². The molecule has 1 heterocycles. The van der Waals surface area contributed by atoms with Crippen LogP contribution in [0.2, 0.25) is 0 Å². The van der Waals surface area contributed by atoms with Crippen molar-refractivity contribution in [2.75, 3.05) is 12.4 Å². The number of aromatic nitrogens is 1. The van der Waals surface area contributed by atoms with E-state index in [0.717, 1.165) is 5.69 Å². The third-order valence-corrected chi connectivity index (χ3v) is 5.44. The number of sulfonamides is 1. The molecule has 0 aliphatic heterocycles. The summed E-state index contributed by atoms with van der Waals surface area (Å²) in [7, 11) is -3.34. The van der Waals surface area contributed by atoms with Crippen LogP contribution in [0.1, 0.15) is 19.5 Å². The molecule has 0 aliphatic rings. The predicted octanol–water partition coefficient (Wildman–Crippen LogP) is 1.86. The van der Waals surface area contributed by atoms with E-state index in [1.165, 1.54) is 4.31 Å².